The van der Waals surface area contributed by atoms with Gasteiger partial charge in [0.25, 0.3) is 5.69 Å². The number of aromatic nitrogens is 1. The van der Waals surface area contributed by atoms with Crippen LogP contribution in [0.15, 0.2) is 53.7 Å². The minimum Gasteiger partial charge on any atom is -0.410 e. The van der Waals surface area contributed by atoms with Crippen molar-refractivity contribution in [2.45, 2.75) is 0 Å². The summed E-state index contributed by atoms with van der Waals surface area (Å²) < 4.78 is 1.19. The minimum atomic E-state index is -0.469. The summed E-state index contributed by atoms with van der Waals surface area (Å²) in [6.07, 6.45) is 0. The highest BCUT2D eigenvalue weighted by molar-refractivity contribution is 7.16. The van der Waals surface area contributed by atoms with Crippen molar-refractivity contribution in [2.75, 3.05) is 0 Å². The Kier molecular flexibility index (Phi) is 3.33. The number of fused-ring (bicyclic) bond motifs is 1. The molecule has 1 N–H and O–H groups in total. The summed E-state index contributed by atoms with van der Waals surface area (Å²) in [6, 6.07) is 13.5. The zero-order chi connectivity index (χ0) is 14.8. The number of nitrogens with zero attached hydrogens (tertiary/aromatic N) is 3. The van der Waals surface area contributed by atoms with Crippen molar-refractivity contribution in [1.82, 2.24) is 4.98 Å². The average Bonchev–Trinajstić information content (AvgIpc) is 2.53. The monoisotopic (exact) mass is 299 g/mol. The van der Waals surface area contributed by atoms with Gasteiger partial charge in [-0.05, 0) is 12.1 Å². The smallest absolute Gasteiger partial charge is 0.270 e. The lowest BCUT2D eigenvalue weighted by atomic mass is 10.1. The molecule has 0 aliphatic heterocycles. The Morgan fingerprint density at radius 1 is 1.19 bits per heavy atom. The Hall–Kier alpha value is -2.80. The third-order valence-electron chi connectivity index (χ3n) is 2.93. The SMILES string of the molecule is O=[N+]([O-])c1cccc(-c2nc3ccccc3s/c2=N/O)c1. The first kappa shape index (κ1) is 13.2. The van der Waals surface area contributed by atoms with Crippen LogP contribution in [0.3, 0.4) is 0 Å². The van der Waals surface area contributed by atoms with E-state index < -0.39 is 4.92 Å². The lowest BCUT2D eigenvalue weighted by Crippen LogP contribution is -2.05. The number of nitro groups is 1. The van der Waals surface area contributed by atoms with E-state index in [0.717, 1.165) is 10.2 Å². The van der Waals surface area contributed by atoms with Gasteiger partial charge in [0, 0.05) is 17.7 Å². The molecule has 3 aromatic rings. The highest BCUT2D eigenvalue weighted by Crippen LogP contribution is 2.23. The molecule has 0 aliphatic rings. The van der Waals surface area contributed by atoms with Crippen LogP contribution in [0.1, 0.15) is 0 Å². The molecule has 0 amide bonds. The molecule has 0 radical (unpaired) electrons. The molecule has 0 atom stereocenters. The van der Waals surface area contributed by atoms with Gasteiger partial charge in [0.2, 0.25) is 0 Å². The van der Waals surface area contributed by atoms with Gasteiger partial charge < -0.3 is 5.21 Å². The van der Waals surface area contributed by atoms with Gasteiger partial charge in [0.1, 0.15) is 5.69 Å². The lowest BCUT2D eigenvalue weighted by molar-refractivity contribution is -0.384. The van der Waals surface area contributed by atoms with Crippen LogP contribution in [0.2, 0.25) is 0 Å². The van der Waals surface area contributed by atoms with Crippen LogP contribution >= 0.6 is 11.3 Å². The quantitative estimate of drug-likeness (QED) is 0.447. The highest BCUT2D eigenvalue weighted by Gasteiger charge is 2.11. The summed E-state index contributed by atoms with van der Waals surface area (Å²) in [5, 5.41) is 23.3. The predicted molar refractivity (Wildman–Crippen MR) is 79.1 cm³/mol. The van der Waals surface area contributed by atoms with E-state index in [2.05, 4.69) is 10.1 Å². The number of hydrogen-bond donors (Lipinski definition) is 1. The Labute approximate surface area is 122 Å². The molecule has 7 heteroatoms. The third-order valence-corrected chi connectivity index (χ3v) is 3.96. The first-order valence-corrected chi connectivity index (χ1v) is 6.83. The Morgan fingerprint density at radius 3 is 2.76 bits per heavy atom. The van der Waals surface area contributed by atoms with Crippen molar-refractivity contribution < 1.29 is 10.1 Å². The molecule has 1 heterocycles. The maximum Gasteiger partial charge on any atom is 0.270 e. The van der Waals surface area contributed by atoms with E-state index in [1.54, 1.807) is 12.1 Å². The summed E-state index contributed by atoms with van der Waals surface area (Å²) in [5.41, 5.74) is 1.68. The van der Waals surface area contributed by atoms with Crippen molar-refractivity contribution in [2.24, 2.45) is 5.16 Å². The van der Waals surface area contributed by atoms with Crippen LogP contribution in [-0.4, -0.2) is 15.1 Å². The molecule has 0 aliphatic carbocycles. The van der Waals surface area contributed by atoms with E-state index in [1.165, 1.54) is 23.5 Å². The molecular formula is C14H9N3O3S. The van der Waals surface area contributed by atoms with E-state index in [9.17, 15) is 15.3 Å². The standard InChI is InChI=1S/C14H9N3O3S/c18-16-14-13(9-4-3-5-10(8-9)17(19)20)15-11-6-1-2-7-12(11)21-14/h1-8,18H/b16-14+. The molecule has 6 nitrogen and oxygen atoms in total. The molecule has 3 rings (SSSR count). The normalized spacial score (nSPS) is 11.7. The van der Waals surface area contributed by atoms with Crippen LogP contribution < -0.4 is 4.67 Å². The van der Waals surface area contributed by atoms with E-state index >= 15 is 0 Å². The van der Waals surface area contributed by atoms with Gasteiger partial charge in [-0.15, -0.1) is 11.3 Å². The number of benzene rings is 2. The summed E-state index contributed by atoms with van der Waals surface area (Å²) in [5.74, 6) is 0. The molecule has 0 bridgehead atoms. The van der Waals surface area contributed by atoms with E-state index in [4.69, 9.17) is 0 Å². The molecule has 104 valence electrons. The second kappa shape index (κ2) is 5.29. The Balaban J connectivity index is 2.29. The number of hydrogen-bond acceptors (Lipinski definition) is 6. The third kappa shape index (κ3) is 2.46. The second-order valence-corrected chi connectivity index (χ2v) is 5.27. The van der Waals surface area contributed by atoms with Crippen LogP contribution in [0.5, 0.6) is 0 Å². The number of nitro benzene ring substituents is 1. The van der Waals surface area contributed by atoms with Gasteiger partial charge in [0.15, 0.2) is 4.67 Å². The topological polar surface area (TPSA) is 88.6 Å². The fraction of sp³-hybridized carbons (Fsp3) is 0. The van der Waals surface area contributed by atoms with Crippen molar-refractivity contribution in [1.29, 1.82) is 0 Å². The zero-order valence-corrected chi connectivity index (χ0v) is 11.4. The molecule has 21 heavy (non-hydrogen) atoms. The van der Waals surface area contributed by atoms with Gasteiger partial charge in [-0.3, -0.25) is 10.1 Å². The van der Waals surface area contributed by atoms with E-state index in [-0.39, 0.29) is 5.69 Å². The average molecular weight is 299 g/mol. The van der Waals surface area contributed by atoms with Crippen molar-refractivity contribution in [3.05, 3.63) is 63.3 Å². The maximum absolute atomic E-state index is 10.9. The van der Waals surface area contributed by atoms with Gasteiger partial charge in [-0.25, -0.2) is 4.98 Å². The van der Waals surface area contributed by atoms with Crippen LogP contribution in [0.4, 0.5) is 5.69 Å². The van der Waals surface area contributed by atoms with Crippen LogP contribution in [-0.2, 0) is 0 Å². The number of rotatable bonds is 2. The molecule has 0 saturated heterocycles. The summed E-state index contributed by atoms with van der Waals surface area (Å²) in [7, 11) is 0. The first-order chi connectivity index (χ1) is 10.2. The first-order valence-electron chi connectivity index (χ1n) is 6.02. The second-order valence-electron chi connectivity index (χ2n) is 4.24. The molecule has 0 spiro atoms. The van der Waals surface area contributed by atoms with Crippen molar-refractivity contribution in [3.63, 3.8) is 0 Å². The van der Waals surface area contributed by atoms with E-state index in [0.29, 0.717) is 15.9 Å². The van der Waals surface area contributed by atoms with Gasteiger partial charge in [-0.1, -0.05) is 29.4 Å². The number of non-ortho nitro benzene ring substituents is 1. The zero-order valence-electron chi connectivity index (χ0n) is 10.6. The molecular weight excluding hydrogens is 290 g/mol. The minimum absolute atomic E-state index is 0.0312. The van der Waals surface area contributed by atoms with Gasteiger partial charge in [-0.2, -0.15) is 0 Å². The Morgan fingerprint density at radius 2 is 2.00 bits per heavy atom. The number of para-hydroxylation sites is 1. The highest BCUT2D eigenvalue weighted by atomic mass is 32.1. The fourth-order valence-electron chi connectivity index (χ4n) is 1.98. The van der Waals surface area contributed by atoms with Crippen LogP contribution in [0.25, 0.3) is 21.5 Å². The summed E-state index contributed by atoms with van der Waals surface area (Å²) in [6.45, 7) is 0. The predicted octanol–water partition coefficient (Wildman–Crippen LogP) is 3.16. The fourth-order valence-corrected chi connectivity index (χ4v) is 2.85. The summed E-state index contributed by atoms with van der Waals surface area (Å²) in [4.78, 5) is 14.8. The molecule has 0 unspecified atom stereocenters. The lowest BCUT2D eigenvalue weighted by Gasteiger charge is -2.03. The van der Waals surface area contributed by atoms with E-state index in [1.807, 2.05) is 24.3 Å². The van der Waals surface area contributed by atoms with Gasteiger partial charge >= 0.3 is 0 Å². The van der Waals surface area contributed by atoms with Crippen molar-refractivity contribution in [3.8, 4) is 11.3 Å². The maximum atomic E-state index is 10.9. The van der Waals surface area contributed by atoms with Crippen LogP contribution in [0, 0.1) is 10.1 Å². The molecule has 0 fully saturated rings. The van der Waals surface area contributed by atoms with Gasteiger partial charge in [0.05, 0.1) is 15.1 Å². The van der Waals surface area contributed by atoms with Crippen molar-refractivity contribution >= 4 is 27.2 Å². The molecule has 0 saturated carbocycles. The Bertz CT molecular complexity index is 905. The molecule has 1 aromatic heterocycles. The largest absolute Gasteiger partial charge is 0.410 e. The molecule has 2 aromatic carbocycles. The summed E-state index contributed by atoms with van der Waals surface area (Å²) >= 11 is 1.27.